The van der Waals surface area contributed by atoms with Crippen LogP contribution in [0.15, 0.2) is 0 Å². The Kier molecular flexibility index (Phi) is 14.7. The maximum Gasteiger partial charge on any atom is -0.00249 e. The Balaban J connectivity index is 0. The fraction of sp³-hybridized carbons (Fsp3) is 1.00. The summed E-state index contributed by atoms with van der Waals surface area (Å²) in [5.74, 6) is 0. The van der Waals surface area contributed by atoms with E-state index in [1.165, 1.54) is 19.4 Å². The molecule has 0 aromatic carbocycles. The largest absolute Gasteiger partial charge is 0.331 e. The summed E-state index contributed by atoms with van der Waals surface area (Å²) >= 11 is 0. The van der Waals surface area contributed by atoms with Gasteiger partial charge in [0.25, 0.3) is 0 Å². The minimum Gasteiger partial charge on any atom is -0.331 e. The van der Waals surface area contributed by atoms with Crippen molar-refractivity contribution in [3.63, 3.8) is 0 Å². The summed E-state index contributed by atoms with van der Waals surface area (Å²) in [6.45, 7) is 6.10. The van der Waals surface area contributed by atoms with Crippen molar-refractivity contribution in [2.75, 3.05) is 27.2 Å². The van der Waals surface area contributed by atoms with E-state index < -0.39 is 0 Å². The lowest BCUT2D eigenvalue weighted by Crippen LogP contribution is -2.12. The van der Waals surface area contributed by atoms with Gasteiger partial charge in [-0.3, -0.25) is 0 Å². The molecule has 0 fully saturated rings. The maximum atomic E-state index is 4.85. The second-order valence-electron chi connectivity index (χ2n) is 2.57. The molecule has 0 unspecified atom stereocenters. The standard InChI is InChI=1S/C6H15N.C2H7N/c1-4-5-6-7(2)3;1-2-3/h4-6H2,1-3H3;2-3H2,1H3. The highest BCUT2D eigenvalue weighted by Gasteiger charge is 1.83. The van der Waals surface area contributed by atoms with Gasteiger partial charge in [0, 0.05) is 0 Å². The van der Waals surface area contributed by atoms with Gasteiger partial charge in [0.2, 0.25) is 0 Å². The summed E-state index contributed by atoms with van der Waals surface area (Å²) in [6, 6.07) is 0. The first-order valence-corrected chi connectivity index (χ1v) is 4.03. The van der Waals surface area contributed by atoms with Crippen LogP contribution in [0, 0.1) is 0 Å². The van der Waals surface area contributed by atoms with E-state index in [0.717, 1.165) is 6.54 Å². The zero-order chi connectivity index (χ0) is 8.41. The van der Waals surface area contributed by atoms with Crippen molar-refractivity contribution in [1.29, 1.82) is 0 Å². The monoisotopic (exact) mass is 146 g/mol. The van der Waals surface area contributed by atoms with Crippen LogP contribution in [0.4, 0.5) is 0 Å². The number of hydrogen-bond acceptors (Lipinski definition) is 2. The van der Waals surface area contributed by atoms with Crippen LogP contribution >= 0.6 is 0 Å². The van der Waals surface area contributed by atoms with Crippen molar-refractivity contribution in [1.82, 2.24) is 4.90 Å². The molecule has 2 heteroatoms. The average molecular weight is 146 g/mol. The van der Waals surface area contributed by atoms with E-state index in [4.69, 9.17) is 5.73 Å². The molecule has 0 aliphatic heterocycles. The second kappa shape index (κ2) is 11.7. The Hall–Kier alpha value is -0.0800. The molecule has 0 spiro atoms. The lowest BCUT2D eigenvalue weighted by Gasteiger charge is -2.05. The van der Waals surface area contributed by atoms with Crippen LogP contribution in [0.2, 0.25) is 0 Å². The summed E-state index contributed by atoms with van der Waals surface area (Å²) in [7, 11) is 4.21. The van der Waals surface area contributed by atoms with E-state index in [9.17, 15) is 0 Å². The summed E-state index contributed by atoms with van der Waals surface area (Å²) in [6.07, 6.45) is 2.63. The summed E-state index contributed by atoms with van der Waals surface area (Å²) in [4.78, 5) is 2.21. The Morgan fingerprint density at radius 1 is 1.20 bits per heavy atom. The van der Waals surface area contributed by atoms with E-state index in [-0.39, 0.29) is 0 Å². The highest BCUT2D eigenvalue weighted by atomic mass is 15.0. The molecule has 0 aromatic rings. The van der Waals surface area contributed by atoms with Crippen molar-refractivity contribution in [3.05, 3.63) is 0 Å². The second-order valence-corrected chi connectivity index (χ2v) is 2.57. The van der Waals surface area contributed by atoms with Gasteiger partial charge in [0.1, 0.15) is 0 Å². The molecule has 0 radical (unpaired) electrons. The average Bonchev–Trinajstić information content (AvgIpc) is 1.85. The highest BCUT2D eigenvalue weighted by molar-refractivity contribution is 4.39. The number of unbranched alkanes of at least 4 members (excludes halogenated alkanes) is 1. The van der Waals surface area contributed by atoms with Gasteiger partial charge in [-0.25, -0.2) is 0 Å². The van der Waals surface area contributed by atoms with Crippen LogP contribution < -0.4 is 5.73 Å². The summed E-state index contributed by atoms with van der Waals surface area (Å²) < 4.78 is 0. The molecule has 0 rings (SSSR count). The third-order valence-corrected chi connectivity index (χ3v) is 0.959. The Morgan fingerprint density at radius 2 is 1.60 bits per heavy atom. The molecule has 2 nitrogen and oxygen atoms in total. The minimum absolute atomic E-state index is 0.750. The molecular formula is C8H22N2. The predicted molar refractivity (Wildman–Crippen MR) is 48.2 cm³/mol. The quantitative estimate of drug-likeness (QED) is 0.650. The molecule has 0 heterocycles. The van der Waals surface area contributed by atoms with Gasteiger partial charge in [-0.15, -0.1) is 0 Å². The van der Waals surface area contributed by atoms with E-state index in [0.29, 0.717) is 0 Å². The lowest BCUT2D eigenvalue weighted by molar-refractivity contribution is 0.398. The molecular weight excluding hydrogens is 124 g/mol. The van der Waals surface area contributed by atoms with E-state index in [2.05, 4.69) is 25.9 Å². The van der Waals surface area contributed by atoms with Crippen LogP contribution in [0.25, 0.3) is 0 Å². The fourth-order valence-corrected chi connectivity index (χ4v) is 0.474. The molecule has 64 valence electrons. The van der Waals surface area contributed by atoms with Crippen LogP contribution in [-0.2, 0) is 0 Å². The first kappa shape index (κ1) is 12.6. The molecule has 0 aromatic heterocycles. The fourth-order valence-electron chi connectivity index (χ4n) is 0.474. The third-order valence-electron chi connectivity index (χ3n) is 0.959. The Morgan fingerprint density at radius 3 is 1.70 bits per heavy atom. The highest BCUT2D eigenvalue weighted by Crippen LogP contribution is 1.86. The zero-order valence-corrected chi connectivity index (χ0v) is 7.85. The van der Waals surface area contributed by atoms with Gasteiger partial charge in [0.15, 0.2) is 0 Å². The van der Waals surface area contributed by atoms with E-state index in [1.54, 1.807) is 0 Å². The van der Waals surface area contributed by atoms with E-state index in [1.807, 2.05) is 6.92 Å². The molecule has 0 bridgehead atoms. The van der Waals surface area contributed by atoms with Gasteiger partial charge < -0.3 is 10.6 Å². The molecule has 0 aliphatic rings. The molecule has 0 aliphatic carbocycles. The number of nitrogens with two attached hydrogens (primary N) is 1. The first-order valence-electron chi connectivity index (χ1n) is 4.03. The zero-order valence-electron chi connectivity index (χ0n) is 7.85. The lowest BCUT2D eigenvalue weighted by atomic mass is 10.3. The van der Waals surface area contributed by atoms with Crippen LogP contribution in [-0.4, -0.2) is 32.1 Å². The molecule has 0 saturated carbocycles. The Bertz CT molecular complexity index is 44.5. The topological polar surface area (TPSA) is 29.3 Å². The number of nitrogens with zero attached hydrogens (tertiary/aromatic N) is 1. The molecule has 0 saturated heterocycles. The smallest absolute Gasteiger partial charge is 0.00249 e. The predicted octanol–water partition coefficient (Wildman–Crippen LogP) is 1.31. The normalized spacial score (nSPS) is 9.00. The van der Waals surface area contributed by atoms with Gasteiger partial charge in [-0.2, -0.15) is 0 Å². The van der Waals surface area contributed by atoms with Crippen LogP contribution in [0.1, 0.15) is 26.7 Å². The summed E-state index contributed by atoms with van der Waals surface area (Å²) in [5.41, 5.74) is 4.85. The van der Waals surface area contributed by atoms with Gasteiger partial charge in [-0.1, -0.05) is 20.3 Å². The third kappa shape index (κ3) is 24.7. The van der Waals surface area contributed by atoms with Crippen molar-refractivity contribution >= 4 is 0 Å². The van der Waals surface area contributed by atoms with Gasteiger partial charge >= 0.3 is 0 Å². The van der Waals surface area contributed by atoms with Gasteiger partial charge in [0.05, 0.1) is 0 Å². The van der Waals surface area contributed by atoms with Crippen molar-refractivity contribution in [2.24, 2.45) is 5.73 Å². The van der Waals surface area contributed by atoms with Crippen molar-refractivity contribution in [3.8, 4) is 0 Å². The molecule has 2 N–H and O–H groups in total. The maximum absolute atomic E-state index is 4.85. The molecule has 0 amide bonds. The van der Waals surface area contributed by atoms with E-state index >= 15 is 0 Å². The number of rotatable bonds is 3. The summed E-state index contributed by atoms with van der Waals surface area (Å²) in [5, 5.41) is 0. The first-order chi connectivity index (χ1) is 4.68. The van der Waals surface area contributed by atoms with Gasteiger partial charge in [-0.05, 0) is 33.6 Å². The van der Waals surface area contributed by atoms with Crippen molar-refractivity contribution < 1.29 is 0 Å². The van der Waals surface area contributed by atoms with Crippen molar-refractivity contribution in [2.45, 2.75) is 26.7 Å². The Labute approximate surface area is 65.4 Å². The molecule has 0 atom stereocenters. The minimum atomic E-state index is 0.750. The number of hydrogen-bond donors (Lipinski definition) is 1. The van der Waals surface area contributed by atoms with Crippen LogP contribution in [0.3, 0.4) is 0 Å². The molecule has 10 heavy (non-hydrogen) atoms. The SMILES string of the molecule is CCCCN(C)C.CCN. The van der Waals surface area contributed by atoms with Crippen LogP contribution in [0.5, 0.6) is 0 Å².